The van der Waals surface area contributed by atoms with Gasteiger partial charge in [0.1, 0.15) is 5.82 Å². The highest BCUT2D eigenvalue weighted by atomic mass is 35.5. The minimum absolute atomic E-state index is 0.00687. The summed E-state index contributed by atoms with van der Waals surface area (Å²) in [6, 6.07) is 1.52. The van der Waals surface area contributed by atoms with Gasteiger partial charge in [-0.05, 0) is 24.6 Å². The zero-order valence-electron chi connectivity index (χ0n) is 13.2. The number of hydrogen-bond donors (Lipinski definition) is 1. The summed E-state index contributed by atoms with van der Waals surface area (Å²) in [6.07, 6.45) is -3.79. The highest BCUT2D eigenvalue weighted by Crippen LogP contribution is 2.36. The van der Waals surface area contributed by atoms with Gasteiger partial charge in [0, 0.05) is 5.38 Å². The first-order valence-electron chi connectivity index (χ1n) is 7.16. The molecule has 26 heavy (non-hydrogen) atoms. The second-order valence-electron chi connectivity index (χ2n) is 4.86. The van der Waals surface area contributed by atoms with E-state index in [1.54, 1.807) is 12.3 Å². The molecule has 0 saturated carbocycles. The number of esters is 1. The maximum absolute atomic E-state index is 13.5. The minimum Gasteiger partial charge on any atom is -0.466 e. The molecule has 1 N–H and O–H groups in total. The summed E-state index contributed by atoms with van der Waals surface area (Å²) in [5.41, 5.74) is 1.55. The van der Waals surface area contributed by atoms with Crippen LogP contribution < -0.4 is 5.43 Å². The maximum Gasteiger partial charge on any atom is 0.417 e. The molecule has 2 aromatic rings. The maximum atomic E-state index is 13.5. The van der Waals surface area contributed by atoms with Crippen LogP contribution >= 0.6 is 22.9 Å². The van der Waals surface area contributed by atoms with Crippen molar-refractivity contribution in [3.05, 3.63) is 45.2 Å². The fourth-order valence-electron chi connectivity index (χ4n) is 1.85. The lowest BCUT2D eigenvalue weighted by Gasteiger charge is -2.10. The number of benzene rings is 1. The van der Waals surface area contributed by atoms with Crippen LogP contribution in [0.2, 0.25) is 5.02 Å². The lowest BCUT2D eigenvalue weighted by molar-refractivity contribution is -0.142. The number of nitrogens with zero attached hydrogens (tertiary/aromatic N) is 2. The number of hydrogen-bond acceptors (Lipinski definition) is 6. The molecule has 0 atom stereocenters. The Morgan fingerprint density at radius 1 is 1.46 bits per heavy atom. The standard InChI is InChI=1S/C15H12ClF4N3O2S/c1-2-25-12(24)5-9-7-26-14(22-9)23-21-6-8-3-10(15(18,19)20)13(16)11(17)4-8/h3-4,6-7H,2,5H2,1H3,(H,22,23). The van der Waals surface area contributed by atoms with Gasteiger partial charge in [-0.15, -0.1) is 11.3 Å². The Hall–Kier alpha value is -2.20. The van der Waals surface area contributed by atoms with Crippen LogP contribution in [0.5, 0.6) is 0 Å². The molecular weight excluding hydrogens is 398 g/mol. The number of thiazole rings is 1. The minimum atomic E-state index is -4.79. The molecule has 0 amide bonds. The molecule has 0 aliphatic carbocycles. The fraction of sp³-hybridized carbons (Fsp3) is 0.267. The van der Waals surface area contributed by atoms with E-state index in [-0.39, 0.29) is 18.6 Å². The van der Waals surface area contributed by atoms with Gasteiger partial charge in [-0.25, -0.2) is 9.37 Å². The van der Waals surface area contributed by atoms with Gasteiger partial charge in [0.05, 0.1) is 35.5 Å². The van der Waals surface area contributed by atoms with Crippen LogP contribution in [-0.4, -0.2) is 23.8 Å². The number of hydrazone groups is 1. The van der Waals surface area contributed by atoms with Crippen LogP contribution in [-0.2, 0) is 22.1 Å². The lowest BCUT2D eigenvalue weighted by atomic mass is 10.1. The van der Waals surface area contributed by atoms with E-state index in [9.17, 15) is 22.4 Å². The molecule has 5 nitrogen and oxygen atoms in total. The second kappa shape index (κ2) is 8.45. The van der Waals surface area contributed by atoms with Gasteiger partial charge < -0.3 is 4.74 Å². The van der Waals surface area contributed by atoms with Gasteiger partial charge in [0.15, 0.2) is 0 Å². The molecule has 0 spiro atoms. The number of rotatable bonds is 6. The van der Waals surface area contributed by atoms with Crippen LogP contribution in [0.15, 0.2) is 22.6 Å². The summed E-state index contributed by atoms with van der Waals surface area (Å²) in [6.45, 7) is 1.94. The monoisotopic (exact) mass is 409 g/mol. The van der Waals surface area contributed by atoms with Gasteiger partial charge in [0.2, 0.25) is 5.13 Å². The number of carbonyl (C=O) groups excluding carboxylic acids is 1. The summed E-state index contributed by atoms with van der Waals surface area (Å²) < 4.78 is 56.7. The molecule has 11 heteroatoms. The van der Waals surface area contributed by atoms with Crippen molar-refractivity contribution in [3.8, 4) is 0 Å². The van der Waals surface area contributed by atoms with E-state index < -0.39 is 28.5 Å². The zero-order chi connectivity index (χ0) is 19.3. The van der Waals surface area contributed by atoms with Crippen molar-refractivity contribution in [1.29, 1.82) is 0 Å². The van der Waals surface area contributed by atoms with E-state index in [1.165, 1.54) is 0 Å². The van der Waals surface area contributed by atoms with Crippen LogP contribution in [0.3, 0.4) is 0 Å². The molecule has 0 aliphatic heterocycles. The van der Waals surface area contributed by atoms with E-state index in [0.29, 0.717) is 16.9 Å². The number of anilines is 1. The van der Waals surface area contributed by atoms with E-state index >= 15 is 0 Å². The van der Waals surface area contributed by atoms with Gasteiger partial charge in [-0.2, -0.15) is 18.3 Å². The van der Waals surface area contributed by atoms with Crippen LogP contribution in [0.25, 0.3) is 0 Å². The molecular formula is C15H12ClF4N3O2S. The molecule has 0 aliphatic rings. The molecule has 1 aromatic carbocycles. The summed E-state index contributed by atoms with van der Waals surface area (Å²) in [5.74, 6) is -1.63. The normalized spacial score (nSPS) is 11.8. The summed E-state index contributed by atoms with van der Waals surface area (Å²) >= 11 is 6.48. The Bertz CT molecular complexity index is 824. The second-order valence-corrected chi connectivity index (χ2v) is 6.09. The highest BCUT2D eigenvalue weighted by molar-refractivity contribution is 7.13. The number of carbonyl (C=O) groups is 1. The molecule has 1 heterocycles. The smallest absolute Gasteiger partial charge is 0.417 e. The highest BCUT2D eigenvalue weighted by Gasteiger charge is 2.34. The Morgan fingerprint density at radius 2 is 2.19 bits per heavy atom. The molecule has 0 radical (unpaired) electrons. The number of aromatic nitrogens is 1. The number of ether oxygens (including phenoxy) is 1. The Balaban J connectivity index is 2.06. The van der Waals surface area contributed by atoms with E-state index in [0.717, 1.165) is 23.6 Å². The van der Waals surface area contributed by atoms with Gasteiger partial charge in [-0.1, -0.05) is 11.6 Å². The van der Waals surface area contributed by atoms with Gasteiger partial charge in [-0.3, -0.25) is 10.2 Å². The average molecular weight is 410 g/mol. The van der Waals surface area contributed by atoms with Crippen molar-refractivity contribution in [1.82, 2.24) is 4.98 Å². The molecule has 140 valence electrons. The lowest BCUT2D eigenvalue weighted by Crippen LogP contribution is -2.08. The van der Waals surface area contributed by atoms with E-state index in [1.807, 2.05) is 0 Å². The molecule has 0 bridgehead atoms. The topological polar surface area (TPSA) is 63.6 Å². The number of alkyl halides is 3. The van der Waals surface area contributed by atoms with Crippen molar-refractivity contribution in [2.45, 2.75) is 19.5 Å². The summed E-state index contributed by atoms with van der Waals surface area (Å²) in [5, 5.41) is 4.64. The molecule has 0 unspecified atom stereocenters. The molecule has 1 aromatic heterocycles. The predicted octanol–water partition coefficient (Wildman–Crippen LogP) is 4.51. The van der Waals surface area contributed by atoms with Gasteiger partial charge in [0.25, 0.3) is 0 Å². The molecule has 0 fully saturated rings. The van der Waals surface area contributed by atoms with Crippen molar-refractivity contribution in [2.75, 3.05) is 12.0 Å². The largest absolute Gasteiger partial charge is 0.466 e. The fourth-order valence-corrected chi connectivity index (χ4v) is 2.73. The molecule has 0 saturated heterocycles. The van der Waals surface area contributed by atoms with Crippen molar-refractivity contribution in [2.24, 2.45) is 5.10 Å². The Labute approximate surface area is 154 Å². The SMILES string of the molecule is CCOC(=O)Cc1csc(NN=Cc2cc(F)c(Cl)c(C(F)(F)F)c2)n1. The first kappa shape index (κ1) is 20.1. The summed E-state index contributed by atoms with van der Waals surface area (Å²) in [7, 11) is 0. The summed E-state index contributed by atoms with van der Waals surface area (Å²) in [4.78, 5) is 15.4. The first-order valence-corrected chi connectivity index (χ1v) is 8.41. The van der Waals surface area contributed by atoms with Gasteiger partial charge >= 0.3 is 12.1 Å². The quantitative estimate of drug-likeness (QED) is 0.330. The van der Waals surface area contributed by atoms with E-state index in [2.05, 4.69) is 15.5 Å². The first-order chi connectivity index (χ1) is 12.2. The van der Waals surface area contributed by atoms with Crippen molar-refractivity contribution < 1.29 is 27.1 Å². The van der Waals surface area contributed by atoms with Crippen LogP contribution in [0.1, 0.15) is 23.7 Å². The van der Waals surface area contributed by atoms with Crippen LogP contribution in [0.4, 0.5) is 22.7 Å². The third-order valence-corrected chi connectivity index (χ3v) is 4.09. The Kier molecular flexibility index (Phi) is 6.54. The molecule has 2 rings (SSSR count). The van der Waals surface area contributed by atoms with E-state index in [4.69, 9.17) is 16.3 Å². The van der Waals surface area contributed by atoms with Crippen molar-refractivity contribution >= 4 is 40.3 Å². The Morgan fingerprint density at radius 3 is 2.85 bits per heavy atom. The number of nitrogens with one attached hydrogen (secondary N) is 1. The average Bonchev–Trinajstić information content (AvgIpc) is 2.97. The third-order valence-electron chi connectivity index (χ3n) is 2.91. The zero-order valence-corrected chi connectivity index (χ0v) is 14.8. The predicted molar refractivity (Wildman–Crippen MR) is 90.1 cm³/mol. The third kappa shape index (κ3) is 5.40. The van der Waals surface area contributed by atoms with Crippen LogP contribution in [0, 0.1) is 5.82 Å². The van der Waals surface area contributed by atoms with Crippen molar-refractivity contribution in [3.63, 3.8) is 0 Å². The number of halogens is 5.